The largest absolute Gasteiger partial charge is 0.381 e. The highest BCUT2D eigenvalue weighted by molar-refractivity contribution is 5.38. The van der Waals surface area contributed by atoms with Gasteiger partial charge in [0.05, 0.1) is 0 Å². The Kier molecular flexibility index (Phi) is 5.19. The summed E-state index contributed by atoms with van der Waals surface area (Å²) in [5.41, 5.74) is 4.86. The van der Waals surface area contributed by atoms with Gasteiger partial charge in [-0.3, -0.25) is 0 Å². The first-order valence-electron chi connectivity index (χ1n) is 7.23. The molecule has 0 saturated heterocycles. The van der Waals surface area contributed by atoms with Gasteiger partial charge < -0.3 is 10.6 Å². The average molecular weight is 268 g/mol. The van der Waals surface area contributed by atoms with Gasteiger partial charge in [0.25, 0.3) is 0 Å². The Morgan fingerprint density at radius 3 is 2.75 bits per heavy atom. The molecule has 1 heterocycles. The first-order chi connectivity index (χ1) is 9.70. The number of nitrogens with one attached hydrogen (secondary N) is 2. The third-order valence-electron chi connectivity index (χ3n) is 3.72. The molecule has 1 aromatic carbocycles. The van der Waals surface area contributed by atoms with Gasteiger partial charge in [0.2, 0.25) is 0 Å². The van der Waals surface area contributed by atoms with Crippen LogP contribution in [0.15, 0.2) is 66.4 Å². The molecule has 2 rings (SSSR count). The molecule has 0 amide bonds. The Morgan fingerprint density at radius 1 is 1.35 bits per heavy atom. The zero-order valence-corrected chi connectivity index (χ0v) is 12.3. The van der Waals surface area contributed by atoms with Crippen molar-refractivity contribution in [2.45, 2.75) is 25.8 Å². The predicted octanol–water partition coefficient (Wildman–Crippen LogP) is 3.20. The fourth-order valence-corrected chi connectivity index (χ4v) is 2.55. The van der Waals surface area contributed by atoms with Crippen molar-refractivity contribution in [1.82, 2.24) is 10.6 Å². The van der Waals surface area contributed by atoms with E-state index in [1.165, 1.54) is 11.1 Å². The maximum absolute atomic E-state index is 4.05. The van der Waals surface area contributed by atoms with Gasteiger partial charge in [0.15, 0.2) is 0 Å². The second-order valence-corrected chi connectivity index (χ2v) is 5.37. The molecule has 2 heteroatoms. The van der Waals surface area contributed by atoms with Crippen LogP contribution in [-0.4, -0.2) is 19.1 Å². The molecule has 1 atom stereocenters. The molecule has 0 fully saturated rings. The summed E-state index contributed by atoms with van der Waals surface area (Å²) in [7, 11) is 0. The molecule has 0 radical (unpaired) electrons. The van der Waals surface area contributed by atoms with E-state index in [0.29, 0.717) is 6.04 Å². The molecule has 1 aliphatic heterocycles. The highest BCUT2D eigenvalue weighted by Crippen LogP contribution is 2.15. The van der Waals surface area contributed by atoms with E-state index in [4.69, 9.17) is 0 Å². The Balaban J connectivity index is 2.00. The molecule has 1 aliphatic rings. The van der Waals surface area contributed by atoms with Crippen molar-refractivity contribution in [3.63, 3.8) is 0 Å². The average Bonchev–Trinajstić information content (AvgIpc) is 2.68. The highest BCUT2D eigenvalue weighted by Gasteiger charge is 2.16. The molecular formula is C18H24N2. The van der Waals surface area contributed by atoms with Crippen LogP contribution in [0.5, 0.6) is 0 Å². The number of rotatable bonds is 5. The monoisotopic (exact) mass is 268 g/mol. The van der Waals surface area contributed by atoms with Crippen molar-refractivity contribution in [3.8, 4) is 0 Å². The molecular weight excluding hydrogens is 244 g/mol. The first-order valence-corrected chi connectivity index (χ1v) is 7.23. The Hall–Kier alpha value is -1.80. The van der Waals surface area contributed by atoms with Crippen molar-refractivity contribution in [2.24, 2.45) is 0 Å². The summed E-state index contributed by atoms with van der Waals surface area (Å²) in [5, 5.41) is 7.11. The maximum Gasteiger partial charge on any atom is 0.0389 e. The van der Waals surface area contributed by atoms with E-state index in [9.17, 15) is 0 Å². The zero-order valence-electron chi connectivity index (χ0n) is 12.3. The van der Waals surface area contributed by atoms with Gasteiger partial charge in [-0.05, 0) is 37.0 Å². The summed E-state index contributed by atoms with van der Waals surface area (Å²) in [4.78, 5) is 0. The molecule has 0 saturated carbocycles. The van der Waals surface area contributed by atoms with E-state index < -0.39 is 0 Å². The maximum atomic E-state index is 4.05. The summed E-state index contributed by atoms with van der Waals surface area (Å²) in [6.45, 7) is 11.9. The lowest BCUT2D eigenvalue weighted by molar-refractivity contribution is 0.512. The van der Waals surface area contributed by atoms with Crippen molar-refractivity contribution < 1.29 is 0 Å². The number of hydrogen-bond acceptors (Lipinski definition) is 2. The quantitative estimate of drug-likeness (QED) is 0.857. The lowest BCUT2D eigenvalue weighted by atomic mass is 10.0. The van der Waals surface area contributed by atoms with Crippen LogP contribution in [0.2, 0.25) is 0 Å². The number of allylic oxidation sites excluding steroid dienone is 1. The van der Waals surface area contributed by atoms with Gasteiger partial charge in [-0.1, -0.05) is 49.1 Å². The van der Waals surface area contributed by atoms with Gasteiger partial charge in [-0.15, -0.1) is 0 Å². The van der Waals surface area contributed by atoms with Crippen LogP contribution in [0.25, 0.3) is 0 Å². The molecule has 106 valence electrons. The third-order valence-corrected chi connectivity index (χ3v) is 3.72. The Labute approximate surface area is 122 Å². The number of benzene rings is 1. The smallest absolute Gasteiger partial charge is 0.0389 e. The Bertz CT molecular complexity index is 499. The molecule has 2 N–H and O–H groups in total. The summed E-state index contributed by atoms with van der Waals surface area (Å²) >= 11 is 0. The molecule has 2 nitrogen and oxygen atoms in total. The summed E-state index contributed by atoms with van der Waals surface area (Å²) in [6, 6.07) is 11.1. The molecule has 0 aliphatic carbocycles. The van der Waals surface area contributed by atoms with Gasteiger partial charge in [-0.25, -0.2) is 0 Å². The fraction of sp³-hybridized carbons (Fsp3) is 0.333. The van der Waals surface area contributed by atoms with Crippen LogP contribution in [-0.2, 0) is 6.42 Å². The molecule has 0 spiro atoms. The lowest BCUT2D eigenvalue weighted by Gasteiger charge is -2.18. The minimum absolute atomic E-state index is 0.431. The highest BCUT2D eigenvalue weighted by atomic mass is 15.0. The summed E-state index contributed by atoms with van der Waals surface area (Å²) in [5.74, 6) is 0. The van der Waals surface area contributed by atoms with E-state index in [2.05, 4.69) is 54.1 Å². The predicted molar refractivity (Wildman–Crippen MR) is 86.6 cm³/mol. The van der Waals surface area contributed by atoms with Gasteiger partial charge >= 0.3 is 0 Å². The molecule has 1 aromatic rings. The second kappa shape index (κ2) is 7.11. The van der Waals surface area contributed by atoms with E-state index in [1.807, 2.05) is 13.0 Å². The van der Waals surface area contributed by atoms with Crippen LogP contribution in [0.3, 0.4) is 0 Å². The normalized spacial score (nSPS) is 19.1. The Morgan fingerprint density at radius 2 is 2.10 bits per heavy atom. The fourth-order valence-electron chi connectivity index (χ4n) is 2.55. The lowest BCUT2D eigenvalue weighted by Crippen LogP contribution is -2.35. The minimum atomic E-state index is 0.431. The number of aryl methyl sites for hydroxylation is 1. The van der Waals surface area contributed by atoms with Crippen LogP contribution >= 0.6 is 0 Å². The van der Waals surface area contributed by atoms with Crippen molar-refractivity contribution in [2.75, 3.05) is 13.1 Å². The first kappa shape index (κ1) is 14.6. The van der Waals surface area contributed by atoms with Gasteiger partial charge in [0, 0.05) is 24.8 Å². The van der Waals surface area contributed by atoms with Crippen molar-refractivity contribution >= 4 is 0 Å². The van der Waals surface area contributed by atoms with E-state index >= 15 is 0 Å². The van der Waals surface area contributed by atoms with Crippen LogP contribution in [0.4, 0.5) is 0 Å². The van der Waals surface area contributed by atoms with Crippen LogP contribution in [0.1, 0.15) is 18.9 Å². The summed E-state index contributed by atoms with van der Waals surface area (Å²) in [6.07, 6.45) is 4.11. The second-order valence-electron chi connectivity index (χ2n) is 5.37. The molecule has 0 bridgehead atoms. The zero-order chi connectivity index (χ0) is 14.4. The molecule has 0 aromatic heterocycles. The summed E-state index contributed by atoms with van der Waals surface area (Å²) < 4.78 is 0. The van der Waals surface area contributed by atoms with E-state index in [1.54, 1.807) is 0 Å². The third kappa shape index (κ3) is 3.84. The van der Waals surface area contributed by atoms with Gasteiger partial charge in [-0.2, -0.15) is 0 Å². The van der Waals surface area contributed by atoms with Crippen LogP contribution < -0.4 is 10.6 Å². The number of hydrogen-bond donors (Lipinski definition) is 2. The van der Waals surface area contributed by atoms with Gasteiger partial charge in [0.1, 0.15) is 0 Å². The van der Waals surface area contributed by atoms with Crippen LogP contribution in [0, 0.1) is 0 Å². The SMILES string of the molecule is C=CC1=C(C(=C)C)CNCC(CCc2ccccc2)N1. The minimum Gasteiger partial charge on any atom is -0.381 e. The van der Waals surface area contributed by atoms with Crippen molar-refractivity contribution in [3.05, 3.63) is 72.0 Å². The molecule has 20 heavy (non-hydrogen) atoms. The standard InChI is InChI=1S/C18H24N2/c1-4-18-17(14(2)3)13-19-12-16(20-18)11-10-15-8-6-5-7-9-15/h4-9,16,19-20H,1-2,10-13H2,3H3. The van der Waals surface area contributed by atoms with Crippen molar-refractivity contribution in [1.29, 1.82) is 0 Å². The topological polar surface area (TPSA) is 24.1 Å². The van der Waals surface area contributed by atoms with E-state index in [0.717, 1.165) is 37.2 Å². The van der Waals surface area contributed by atoms with E-state index in [-0.39, 0.29) is 0 Å². The molecule has 1 unspecified atom stereocenters.